The summed E-state index contributed by atoms with van der Waals surface area (Å²) >= 11 is 1.01. The van der Waals surface area contributed by atoms with Crippen LogP contribution in [0.25, 0.3) is 0 Å². The Balaban J connectivity index is 3.05. The molecule has 0 aliphatic carbocycles. The van der Waals surface area contributed by atoms with E-state index in [0.717, 1.165) is 12.0 Å². The highest BCUT2D eigenvalue weighted by molar-refractivity contribution is 7.94. The lowest BCUT2D eigenvalue weighted by atomic mass is 10.3. The Morgan fingerprint density at radius 1 is 1.70 bits per heavy atom. The standard InChI is InChI=1S/C5H10O4S/c1-10-9-5(6)3-2-4-8-7/h7H,2-4H2,1H3. The van der Waals surface area contributed by atoms with Gasteiger partial charge in [0.15, 0.2) is 0 Å². The second kappa shape index (κ2) is 6.85. The van der Waals surface area contributed by atoms with Crippen molar-refractivity contribution in [3.8, 4) is 0 Å². The zero-order valence-electron chi connectivity index (χ0n) is 5.70. The van der Waals surface area contributed by atoms with Crippen LogP contribution in [0.3, 0.4) is 0 Å². The summed E-state index contributed by atoms with van der Waals surface area (Å²) in [6.07, 6.45) is 2.43. The smallest absolute Gasteiger partial charge is 0.317 e. The van der Waals surface area contributed by atoms with Crippen molar-refractivity contribution in [2.24, 2.45) is 0 Å². The Morgan fingerprint density at radius 2 is 2.40 bits per heavy atom. The first-order valence-electron chi connectivity index (χ1n) is 2.81. The lowest BCUT2D eigenvalue weighted by molar-refractivity contribution is -0.242. The van der Waals surface area contributed by atoms with Gasteiger partial charge in [0.25, 0.3) is 0 Å². The summed E-state index contributed by atoms with van der Waals surface area (Å²) in [5.41, 5.74) is 0. The minimum Gasteiger partial charge on any atom is -0.392 e. The Hall–Kier alpha value is -0.260. The molecular weight excluding hydrogens is 156 g/mol. The van der Waals surface area contributed by atoms with Crippen LogP contribution < -0.4 is 0 Å². The maximum atomic E-state index is 10.5. The van der Waals surface area contributed by atoms with E-state index < -0.39 is 0 Å². The molecule has 0 fully saturated rings. The predicted molar refractivity (Wildman–Crippen MR) is 37.4 cm³/mol. The molecule has 5 heteroatoms. The van der Waals surface area contributed by atoms with E-state index >= 15 is 0 Å². The molecule has 0 aliphatic rings. The van der Waals surface area contributed by atoms with Crippen molar-refractivity contribution in [1.82, 2.24) is 0 Å². The highest BCUT2D eigenvalue weighted by Crippen LogP contribution is 2.00. The maximum Gasteiger partial charge on any atom is 0.317 e. The van der Waals surface area contributed by atoms with E-state index in [1.54, 1.807) is 6.26 Å². The molecular formula is C5H10O4S. The van der Waals surface area contributed by atoms with E-state index in [-0.39, 0.29) is 19.0 Å². The lowest BCUT2D eigenvalue weighted by Crippen LogP contribution is -2.00. The second-order valence-corrected chi connectivity index (χ2v) is 2.06. The minimum absolute atomic E-state index is 0.170. The quantitative estimate of drug-likeness (QED) is 0.286. The molecule has 0 bridgehead atoms. The van der Waals surface area contributed by atoms with Gasteiger partial charge in [-0.3, -0.25) is 10.1 Å². The average Bonchev–Trinajstić information content (AvgIpc) is 1.89. The van der Waals surface area contributed by atoms with Crippen LogP contribution in [-0.4, -0.2) is 24.1 Å². The van der Waals surface area contributed by atoms with E-state index in [1.165, 1.54) is 0 Å². The topological polar surface area (TPSA) is 55.8 Å². The van der Waals surface area contributed by atoms with Gasteiger partial charge in [0.1, 0.15) is 0 Å². The Labute approximate surface area is 63.6 Å². The van der Waals surface area contributed by atoms with Crippen molar-refractivity contribution in [1.29, 1.82) is 0 Å². The average molecular weight is 166 g/mol. The highest BCUT2D eigenvalue weighted by Gasteiger charge is 2.00. The van der Waals surface area contributed by atoms with Crippen LogP contribution in [-0.2, 0) is 13.9 Å². The first-order valence-corrected chi connectivity index (χ1v) is 3.96. The third-order valence-corrected chi connectivity index (χ3v) is 1.15. The molecule has 0 aromatic heterocycles. The molecule has 0 radical (unpaired) electrons. The monoisotopic (exact) mass is 166 g/mol. The van der Waals surface area contributed by atoms with Gasteiger partial charge in [-0.2, -0.15) is 0 Å². The van der Waals surface area contributed by atoms with Crippen LogP contribution in [0.4, 0.5) is 0 Å². The van der Waals surface area contributed by atoms with Crippen molar-refractivity contribution >= 4 is 18.0 Å². The van der Waals surface area contributed by atoms with E-state index in [9.17, 15) is 4.79 Å². The Kier molecular flexibility index (Phi) is 6.68. The minimum atomic E-state index is -0.287. The molecule has 0 heterocycles. The van der Waals surface area contributed by atoms with Crippen LogP contribution >= 0.6 is 12.0 Å². The van der Waals surface area contributed by atoms with Crippen molar-refractivity contribution in [2.75, 3.05) is 12.9 Å². The lowest BCUT2D eigenvalue weighted by Gasteiger charge is -1.97. The van der Waals surface area contributed by atoms with Crippen LogP contribution in [0.15, 0.2) is 0 Å². The van der Waals surface area contributed by atoms with Crippen molar-refractivity contribution < 1.29 is 19.1 Å². The van der Waals surface area contributed by atoms with Gasteiger partial charge in [-0.25, -0.2) is 4.89 Å². The number of carbonyl (C=O) groups excluding carboxylic acids is 1. The molecule has 0 aromatic rings. The van der Waals surface area contributed by atoms with Gasteiger partial charge in [0.05, 0.1) is 18.6 Å². The number of rotatable bonds is 5. The molecule has 0 atom stereocenters. The van der Waals surface area contributed by atoms with E-state index in [2.05, 4.69) is 9.07 Å². The van der Waals surface area contributed by atoms with Gasteiger partial charge in [-0.1, -0.05) is 0 Å². The van der Waals surface area contributed by atoms with Crippen LogP contribution in [0.1, 0.15) is 12.8 Å². The van der Waals surface area contributed by atoms with E-state index in [1.807, 2.05) is 0 Å². The number of hydrogen-bond donors (Lipinski definition) is 1. The Bertz CT molecular complexity index is 95.6. The Morgan fingerprint density at radius 3 is 2.90 bits per heavy atom. The molecule has 0 rings (SSSR count). The second-order valence-electron chi connectivity index (χ2n) is 1.56. The van der Waals surface area contributed by atoms with Gasteiger partial charge in [0, 0.05) is 12.7 Å². The highest BCUT2D eigenvalue weighted by atomic mass is 32.2. The fraction of sp³-hybridized carbons (Fsp3) is 0.800. The van der Waals surface area contributed by atoms with Crippen LogP contribution in [0.2, 0.25) is 0 Å². The van der Waals surface area contributed by atoms with Gasteiger partial charge >= 0.3 is 5.97 Å². The van der Waals surface area contributed by atoms with E-state index in [0.29, 0.717) is 6.42 Å². The summed E-state index contributed by atoms with van der Waals surface area (Å²) < 4.78 is 4.53. The fourth-order valence-corrected chi connectivity index (χ4v) is 0.685. The summed E-state index contributed by atoms with van der Waals surface area (Å²) in [6, 6.07) is 0. The molecule has 0 amide bonds. The van der Waals surface area contributed by atoms with Crippen molar-refractivity contribution in [3.05, 3.63) is 0 Å². The molecule has 0 aromatic carbocycles. The maximum absolute atomic E-state index is 10.5. The molecule has 0 aliphatic heterocycles. The summed E-state index contributed by atoms with van der Waals surface area (Å²) in [5, 5.41) is 7.85. The van der Waals surface area contributed by atoms with Crippen LogP contribution in [0.5, 0.6) is 0 Å². The first kappa shape index (κ1) is 9.74. The predicted octanol–water partition coefficient (Wildman–Crippen LogP) is 1.08. The molecule has 10 heavy (non-hydrogen) atoms. The van der Waals surface area contributed by atoms with Gasteiger partial charge < -0.3 is 4.18 Å². The zero-order chi connectivity index (χ0) is 7.82. The van der Waals surface area contributed by atoms with Crippen LogP contribution in [0, 0.1) is 0 Å². The SMILES string of the molecule is CSOC(=O)CCCOO. The normalized spacial score (nSPS) is 9.40. The molecule has 0 saturated carbocycles. The van der Waals surface area contributed by atoms with Crippen molar-refractivity contribution in [2.45, 2.75) is 12.8 Å². The third kappa shape index (κ3) is 5.87. The van der Waals surface area contributed by atoms with E-state index in [4.69, 9.17) is 5.26 Å². The molecule has 4 nitrogen and oxygen atoms in total. The molecule has 0 unspecified atom stereocenters. The number of hydrogen-bond acceptors (Lipinski definition) is 5. The first-order chi connectivity index (χ1) is 4.81. The van der Waals surface area contributed by atoms with Crippen molar-refractivity contribution in [3.63, 3.8) is 0 Å². The molecule has 1 N–H and O–H groups in total. The summed E-state index contributed by atoms with van der Waals surface area (Å²) in [7, 11) is 0. The third-order valence-electron chi connectivity index (χ3n) is 0.793. The zero-order valence-corrected chi connectivity index (χ0v) is 6.52. The summed E-state index contributed by atoms with van der Waals surface area (Å²) in [4.78, 5) is 14.3. The molecule has 0 saturated heterocycles. The molecule has 0 spiro atoms. The largest absolute Gasteiger partial charge is 0.392 e. The van der Waals surface area contributed by atoms with Gasteiger partial charge in [-0.05, 0) is 6.42 Å². The van der Waals surface area contributed by atoms with Gasteiger partial charge in [0.2, 0.25) is 0 Å². The van der Waals surface area contributed by atoms with Gasteiger partial charge in [-0.15, -0.1) is 0 Å². The fourth-order valence-electron chi connectivity index (χ4n) is 0.416. The summed E-state index contributed by atoms with van der Waals surface area (Å²) in [6.45, 7) is 0.170. The number of carbonyl (C=O) groups is 1. The summed E-state index contributed by atoms with van der Waals surface area (Å²) in [5.74, 6) is -0.287. The molecule has 60 valence electrons.